The molecule has 2 amide bonds. The molecule has 1 unspecified atom stereocenters. The van der Waals surface area contributed by atoms with E-state index in [1.54, 1.807) is 0 Å². The van der Waals surface area contributed by atoms with Crippen molar-refractivity contribution < 1.29 is 27.5 Å². The number of aryl methyl sites for hydroxylation is 1. The Morgan fingerprint density at radius 2 is 1.97 bits per heavy atom. The number of halogens is 3. The molecule has 1 aromatic heterocycles. The lowest BCUT2D eigenvalue weighted by atomic mass is 9.98. The fraction of sp³-hybridized carbons (Fsp3) is 0.320. The van der Waals surface area contributed by atoms with Crippen LogP contribution in [0.25, 0.3) is 22.5 Å². The molecule has 2 heterocycles. The molecule has 2 N–H and O–H groups in total. The molecule has 1 fully saturated rings. The molecule has 0 saturated carbocycles. The van der Waals surface area contributed by atoms with Crippen molar-refractivity contribution in [3.63, 3.8) is 0 Å². The van der Waals surface area contributed by atoms with Gasteiger partial charge in [-0.15, -0.1) is 0 Å². The SMILES string of the molecule is CC(=O)NCC1CN(c2ccc3c(c2)-c2[nH]nc(-c4ccc(C(F)(F)F)cc4)c2CCC3)C(=O)O1. The predicted molar refractivity (Wildman–Crippen MR) is 123 cm³/mol. The van der Waals surface area contributed by atoms with Gasteiger partial charge in [0.1, 0.15) is 6.10 Å². The van der Waals surface area contributed by atoms with Crippen LogP contribution in [0.1, 0.15) is 30.0 Å². The van der Waals surface area contributed by atoms with Crippen LogP contribution in [-0.4, -0.2) is 41.4 Å². The van der Waals surface area contributed by atoms with Crippen LogP contribution in [0.5, 0.6) is 0 Å². The second kappa shape index (κ2) is 8.75. The van der Waals surface area contributed by atoms with Crippen LogP contribution in [0.4, 0.5) is 23.7 Å². The summed E-state index contributed by atoms with van der Waals surface area (Å²) < 4.78 is 44.3. The number of amides is 2. The molecule has 5 rings (SSSR count). The molecule has 1 aliphatic carbocycles. The number of fused-ring (bicyclic) bond motifs is 3. The van der Waals surface area contributed by atoms with Gasteiger partial charge in [0.25, 0.3) is 0 Å². The number of hydrogen-bond acceptors (Lipinski definition) is 4. The van der Waals surface area contributed by atoms with E-state index in [9.17, 15) is 22.8 Å². The third-order valence-electron chi connectivity index (χ3n) is 6.35. The van der Waals surface area contributed by atoms with E-state index in [-0.39, 0.29) is 12.5 Å². The van der Waals surface area contributed by atoms with Gasteiger partial charge in [0, 0.05) is 29.3 Å². The smallest absolute Gasteiger partial charge is 0.416 e. The zero-order chi connectivity index (χ0) is 24.7. The van der Waals surface area contributed by atoms with Crippen molar-refractivity contribution in [2.24, 2.45) is 0 Å². The molecular formula is C25H23F3N4O3. The van der Waals surface area contributed by atoms with Crippen LogP contribution in [0.15, 0.2) is 42.5 Å². The predicted octanol–water partition coefficient (Wildman–Crippen LogP) is 4.71. The number of nitrogens with zero attached hydrogens (tertiary/aromatic N) is 2. The number of anilines is 1. The van der Waals surface area contributed by atoms with E-state index in [1.807, 2.05) is 18.2 Å². The Morgan fingerprint density at radius 3 is 2.69 bits per heavy atom. The first-order valence-corrected chi connectivity index (χ1v) is 11.3. The van der Waals surface area contributed by atoms with E-state index in [1.165, 1.54) is 24.0 Å². The number of H-pyrrole nitrogens is 1. The zero-order valence-corrected chi connectivity index (χ0v) is 18.9. The van der Waals surface area contributed by atoms with Crippen LogP contribution in [0.3, 0.4) is 0 Å². The Kier molecular flexibility index (Phi) is 5.74. The summed E-state index contributed by atoms with van der Waals surface area (Å²) in [6, 6.07) is 10.8. The molecule has 3 aromatic rings. The second-order valence-corrected chi connectivity index (χ2v) is 8.75. The maximum atomic E-state index is 13.0. The number of aromatic amines is 1. The molecule has 2 aliphatic rings. The summed E-state index contributed by atoms with van der Waals surface area (Å²) in [5, 5.41) is 10.2. The van der Waals surface area contributed by atoms with E-state index >= 15 is 0 Å². The molecule has 2 aromatic carbocycles. The highest BCUT2D eigenvalue weighted by Crippen LogP contribution is 2.39. The van der Waals surface area contributed by atoms with Gasteiger partial charge in [0.15, 0.2) is 0 Å². The van der Waals surface area contributed by atoms with E-state index in [4.69, 9.17) is 4.74 Å². The maximum Gasteiger partial charge on any atom is 0.416 e. The van der Waals surface area contributed by atoms with Crippen molar-refractivity contribution in [1.29, 1.82) is 0 Å². The fourth-order valence-electron chi connectivity index (χ4n) is 4.62. The van der Waals surface area contributed by atoms with Gasteiger partial charge in [-0.3, -0.25) is 14.8 Å². The van der Waals surface area contributed by atoms with E-state index in [0.29, 0.717) is 23.5 Å². The Hall–Kier alpha value is -3.82. The molecule has 0 bridgehead atoms. The molecule has 0 spiro atoms. The first-order valence-electron chi connectivity index (χ1n) is 11.3. The summed E-state index contributed by atoms with van der Waals surface area (Å²) in [5.41, 5.74) is 4.94. The average molecular weight is 484 g/mol. The van der Waals surface area contributed by atoms with Gasteiger partial charge in [-0.1, -0.05) is 18.2 Å². The number of cyclic esters (lactones) is 1. The molecule has 1 aliphatic heterocycles. The fourth-order valence-corrected chi connectivity index (χ4v) is 4.62. The Morgan fingerprint density at radius 1 is 1.20 bits per heavy atom. The number of carbonyl (C=O) groups is 2. The highest BCUT2D eigenvalue weighted by Gasteiger charge is 2.33. The van der Waals surface area contributed by atoms with E-state index < -0.39 is 23.9 Å². The number of hydrogen-bond donors (Lipinski definition) is 2. The monoisotopic (exact) mass is 484 g/mol. The Labute approximate surface area is 199 Å². The summed E-state index contributed by atoms with van der Waals surface area (Å²) in [4.78, 5) is 25.2. The van der Waals surface area contributed by atoms with Crippen LogP contribution in [0, 0.1) is 0 Å². The van der Waals surface area contributed by atoms with E-state index in [2.05, 4.69) is 15.5 Å². The number of ether oxygens (including phenoxy) is 1. The molecule has 1 saturated heterocycles. The number of nitrogens with one attached hydrogen (secondary N) is 2. The summed E-state index contributed by atoms with van der Waals surface area (Å²) in [6.07, 6.45) is -2.93. The number of alkyl halides is 3. The Balaban J connectivity index is 1.46. The minimum Gasteiger partial charge on any atom is -0.442 e. The topological polar surface area (TPSA) is 87.3 Å². The standard InChI is InChI=1S/C25H23F3N4O3/c1-14(33)29-12-19-13-32(24(34)35-19)18-10-7-15-3-2-4-20-22(30-31-23(20)21(15)11-18)16-5-8-17(9-6-16)25(26,27)28/h5-11,19H,2-4,12-13H2,1H3,(H,29,33)(H,30,31). The molecular weight excluding hydrogens is 461 g/mol. The third kappa shape index (κ3) is 4.48. The second-order valence-electron chi connectivity index (χ2n) is 8.75. The van der Waals surface area contributed by atoms with Crippen molar-refractivity contribution in [3.8, 4) is 22.5 Å². The van der Waals surface area contributed by atoms with Crippen molar-refractivity contribution in [3.05, 3.63) is 59.2 Å². The number of aromatic nitrogens is 2. The summed E-state index contributed by atoms with van der Waals surface area (Å²) in [7, 11) is 0. The van der Waals surface area contributed by atoms with Crippen LogP contribution in [0.2, 0.25) is 0 Å². The average Bonchev–Trinajstić information content (AvgIpc) is 3.36. The van der Waals surface area contributed by atoms with Gasteiger partial charge < -0.3 is 10.1 Å². The van der Waals surface area contributed by atoms with Gasteiger partial charge in [-0.25, -0.2) is 4.79 Å². The lowest BCUT2D eigenvalue weighted by Crippen LogP contribution is -2.33. The number of carbonyl (C=O) groups excluding carboxylic acids is 2. The molecule has 182 valence electrons. The summed E-state index contributed by atoms with van der Waals surface area (Å²) in [6.45, 7) is 1.95. The first kappa shape index (κ1) is 22.9. The van der Waals surface area contributed by atoms with Crippen molar-refractivity contribution in [2.45, 2.75) is 38.5 Å². The van der Waals surface area contributed by atoms with Crippen LogP contribution >= 0.6 is 0 Å². The highest BCUT2D eigenvalue weighted by atomic mass is 19.4. The van der Waals surface area contributed by atoms with Crippen molar-refractivity contribution >= 4 is 17.7 Å². The van der Waals surface area contributed by atoms with Crippen molar-refractivity contribution in [2.75, 3.05) is 18.0 Å². The minimum atomic E-state index is -4.39. The highest BCUT2D eigenvalue weighted by molar-refractivity contribution is 5.91. The van der Waals surface area contributed by atoms with Gasteiger partial charge in [-0.05, 0) is 49.1 Å². The molecule has 0 radical (unpaired) electrons. The van der Waals surface area contributed by atoms with E-state index in [0.717, 1.165) is 53.8 Å². The lowest BCUT2D eigenvalue weighted by Gasteiger charge is -2.16. The van der Waals surface area contributed by atoms with Crippen molar-refractivity contribution in [1.82, 2.24) is 15.5 Å². The largest absolute Gasteiger partial charge is 0.442 e. The molecule has 10 heteroatoms. The van der Waals surface area contributed by atoms with Crippen LogP contribution < -0.4 is 10.2 Å². The lowest BCUT2D eigenvalue weighted by molar-refractivity contribution is -0.137. The number of benzene rings is 2. The third-order valence-corrected chi connectivity index (χ3v) is 6.35. The summed E-state index contributed by atoms with van der Waals surface area (Å²) in [5.74, 6) is -0.194. The minimum absolute atomic E-state index is 0.194. The number of rotatable bonds is 4. The van der Waals surface area contributed by atoms with Gasteiger partial charge in [0.2, 0.25) is 5.91 Å². The quantitative estimate of drug-likeness (QED) is 0.562. The molecule has 7 nitrogen and oxygen atoms in total. The first-order chi connectivity index (χ1) is 16.7. The zero-order valence-electron chi connectivity index (χ0n) is 18.9. The molecule has 35 heavy (non-hydrogen) atoms. The van der Waals surface area contributed by atoms with Gasteiger partial charge >= 0.3 is 12.3 Å². The van der Waals surface area contributed by atoms with Crippen LogP contribution in [-0.2, 0) is 28.5 Å². The van der Waals surface area contributed by atoms with Gasteiger partial charge in [-0.2, -0.15) is 18.3 Å². The maximum absolute atomic E-state index is 13.0. The Bertz CT molecular complexity index is 1280. The normalized spacial score (nSPS) is 17.4. The summed E-state index contributed by atoms with van der Waals surface area (Å²) >= 11 is 0. The van der Waals surface area contributed by atoms with Gasteiger partial charge in [0.05, 0.1) is 30.0 Å². The molecule has 1 atom stereocenters.